The molecule has 0 aliphatic heterocycles. The van der Waals surface area contributed by atoms with Crippen LogP contribution in [-0.2, 0) is 4.79 Å². The molecule has 0 bridgehead atoms. The molecular formula is C19H22N2O2S. The van der Waals surface area contributed by atoms with Gasteiger partial charge in [0.2, 0.25) is 5.91 Å². The summed E-state index contributed by atoms with van der Waals surface area (Å²) in [5.74, 6) is 0.705. The molecule has 0 aromatic heterocycles. The van der Waals surface area contributed by atoms with Crippen LogP contribution in [0.1, 0.15) is 31.4 Å². The molecule has 0 aliphatic rings. The fraction of sp³-hybridized carbons (Fsp3) is 0.263. The molecule has 1 atom stereocenters. The zero-order valence-electron chi connectivity index (χ0n) is 13.7. The van der Waals surface area contributed by atoms with Crippen LogP contribution in [0.2, 0.25) is 0 Å². The van der Waals surface area contributed by atoms with E-state index in [1.54, 1.807) is 0 Å². The van der Waals surface area contributed by atoms with Crippen LogP contribution in [0.3, 0.4) is 0 Å². The van der Waals surface area contributed by atoms with Crippen molar-refractivity contribution in [1.29, 1.82) is 0 Å². The predicted molar refractivity (Wildman–Crippen MR) is 99.9 cm³/mol. The first kappa shape index (κ1) is 17.9. The van der Waals surface area contributed by atoms with Crippen molar-refractivity contribution in [3.63, 3.8) is 0 Å². The third-order valence-electron chi connectivity index (χ3n) is 3.46. The lowest BCUT2D eigenvalue weighted by Gasteiger charge is -2.16. The first-order chi connectivity index (χ1) is 11.6. The average molecular weight is 342 g/mol. The summed E-state index contributed by atoms with van der Waals surface area (Å²) in [6.45, 7) is 2.50. The Morgan fingerprint density at radius 2 is 1.71 bits per heavy atom. The highest BCUT2D eigenvalue weighted by atomic mass is 32.1. The third-order valence-corrected chi connectivity index (χ3v) is 3.68. The summed E-state index contributed by atoms with van der Waals surface area (Å²) >= 11 is 5.19. The van der Waals surface area contributed by atoms with Gasteiger partial charge in [0.15, 0.2) is 5.11 Å². The maximum absolute atomic E-state index is 11.9. The summed E-state index contributed by atoms with van der Waals surface area (Å²) in [6.07, 6.45) is 1.01. The molecule has 5 heteroatoms. The Morgan fingerprint density at radius 1 is 1.08 bits per heavy atom. The molecule has 2 rings (SSSR count). The van der Waals surface area contributed by atoms with Crippen LogP contribution in [0, 0.1) is 0 Å². The number of benzene rings is 2. The molecule has 1 unspecified atom stereocenters. The van der Waals surface area contributed by atoms with E-state index in [9.17, 15) is 4.79 Å². The quantitative estimate of drug-likeness (QED) is 0.596. The Hall–Kier alpha value is -2.40. The third kappa shape index (κ3) is 6.38. The maximum atomic E-state index is 11.9. The molecule has 0 radical (unpaired) electrons. The van der Waals surface area contributed by atoms with Crippen molar-refractivity contribution < 1.29 is 9.53 Å². The van der Waals surface area contributed by atoms with Gasteiger partial charge in [-0.1, -0.05) is 48.5 Å². The van der Waals surface area contributed by atoms with Gasteiger partial charge in [0, 0.05) is 6.42 Å². The van der Waals surface area contributed by atoms with Crippen LogP contribution in [0.15, 0.2) is 60.7 Å². The van der Waals surface area contributed by atoms with Crippen molar-refractivity contribution >= 4 is 23.2 Å². The average Bonchev–Trinajstić information content (AvgIpc) is 2.60. The number of thiocarbonyl (C=S) groups is 1. The minimum absolute atomic E-state index is 0.0420. The molecule has 126 valence electrons. The highest BCUT2D eigenvalue weighted by Crippen LogP contribution is 2.11. The molecule has 2 N–H and O–H groups in total. The van der Waals surface area contributed by atoms with Crippen LogP contribution in [-0.4, -0.2) is 17.6 Å². The molecule has 0 heterocycles. The van der Waals surface area contributed by atoms with E-state index < -0.39 is 0 Å². The van der Waals surface area contributed by atoms with Gasteiger partial charge in [0.05, 0.1) is 12.6 Å². The van der Waals surface area contributed by atoms with E-state index >= 15 is 0 Å². The van der Waals surface area contributed by atoms with Gasteiger partial charge in [-0.25, -0.2) is 0 Å². The second-order valence-electron chi connectivity index (χ2n) is 5.42. The van der Waals surface area contributed by atoms with E-state index in [1.165, 1.54) is 0 Å². The molecule has 0 saturated carbocycles. The smallest absolute Gasteiger partial charge is 0.226 e. The van der Waals surface area contributed by atoms with Crippen molar-refractivity contribution in [2.24, 2.45) is 0 Å². The summed E-state index contributed by atoms with van der Waals surface area (Å²) in [7, 11) is 0. The van der Waals surface area contributed by atoms with Crippen molar-refractivity contribution in [2.45, 2.75) is 25.8 Å². The molecule has 0 spiro atoms. The Kier molecular flexibility index (Phi) is 7.23. The standard InChI is InChI=1S/C19H22N2O2S/c1-15(16-9-4-2-5-10-16)20-19(24)21-18(22)13-8-14-23-17-11-6-3-7-12-17/h2-7,9-12,15H,8,13-14H2,1H3,(H2,20,21,22,24). The molecule has 0 aliphatic carbocycles. The van der Waals surface area contributed by atoms with Crippen LogP contribution in [0.4, 0.5) is 0 Å². The van der Waals surface area contributed by atoms with E-state index in [4.69, 9.17) is 17.0 Å². The van der Waals surface area contributed by atoms with Crippen LogP contribution in [0.25, 0.3) is 0 Å². The Morgan fingerprint density at radius 3 is 2.38 bits per heavy atom. The molecular weight excluding hydrogens is 320 g/mol. The molecule has 4 nitrogen and oxygen atoms in total. The molecule has 1 amide bonds. The van der Waals surface area contributed by atoms with E-state index in [0.717, 1.165) is 11.3 Å². The van der Waals surface area contributed by atoms with Gasteiger partial charge < -0.3 is 15.4 Å². The van der Waals surface area contributed by atoms with E-state index in [-0.39, 0.29) is 11.9 Å². The van der Waals surface area contributed by atoms with Gasteiger partial charge in [0.25, 0.3) is 0 Å². The number of amides is 1. The number of carbonyl (C=O) groups excluding carboxylic acids is 1. The van der Waals surface area contributed by atoms with E-state index in [1.807, 2.05) is 67.6 Å². The Balaban J connectivity index is 1.64. The molecule has 0 saturated heterocycles. The highest BCUT2D eigenvalue weighted by molar-refractivity contribution is 7.80. The second-order valence-corrected chi connectivity index (χ2v) is 5.83. The Labute approximate surface area is 148 Å². The Bertz CT molecular complexity index is 647. The van der Waals surface area contributed by atoms with Gasteiger partial charge in [0.1, 0.15) is 5.75 Å². The molecule has 24 heavy (non-hydrogen) atoms. The number of hydrogen-bond acceptors (Lipinski definition) is 3. The number of carbonyl (C=O) groups is 1. The van der Waals surface area contributed by atoms with Gasteiger partial charge in [-0.3, -0.25) is 4.79 Å². The monoisotopic (exact) mass is 342 g/mol. The summed E-state index contributed by atoms with van der Waals surface area (Å²) < 4.78 is 5.56. The number of ether oxygens (including phenoxy) is 1. The first-order valence-corrected chi connectivity index (χ1v) is 8.39. The second kappa shape index (κ2) is 9.67. The SMILES string of the molecule is CC(NC(=S)NC(=O)CCCOc1ccccc1)c1ccccc1. The number of hydrogen-bond donors (Lipinski definition) is 2. The fourth-order valence-corrected chi connectivity index (χ4v) is 2.48. The summed E-state index contributed by atoms with van der Waals surface area (Å²) in [4.78, 5) is 11.9. The summed E-state index contributed by atoms with van der Waals surface area (Å²) in [5, 5.41) is 6.16. The summed E-state index contributed by atoms with van der Waals surface area (Å²) in [6, 6.07) is 19.5. The van der Waals surface area contributed by atoms with Crippen molar-refractivity contribution in [3.05, 3.63) is 66.2 Å². The zero-order chi connectivity index (χ0) is 17.2. The lowest BCUT2D eigenvalue weighted by Crippen LogP contribution is -2.40. The van der Waals surface area contributed by atoms with E-state index in [0.29, 0.717) is 24.6 Å². The van der Waals surface area contributed by atoms with Crippen LogP contribution in [0.5, 0.6) is 5.75 Å². The minimum Gasteiger partial charge on any atom is -0.494 e. The highest BCUT2D eigenvalue weighted by Gasteiger charge is 2.09. The van der Waals surface area contributed by atoms with Gasteiger partial charge in [-0.15, -0.1) is 0 Å². The minimum atomic E-state index is -0.107. The molecule has 0 fully saturated rings. The van der Waals surface area contributed by atoms with Crippen molar-refractivity contribution in [2.75, 3.05) is 6.61 Å². The number of rotatable bonds is 7. The summed E-state index contributed by atoms with van der Waals surface area (Å²) in [5.41, 5.74) is 1.12. The van der Waals surface area contributed by atoms with Gasteiger partial charge in [-0.05, 0) is 43.3 Å². The number of nitrogens with one attached hydrogen (secondary N) is 2. The van der Waals surface area contributed by atoms with Crippen molar-refractivity contribution in [3.8, 4) is 5.75 Å². The topological polar surface area (TPSA) is 50.4 Å². The van der Waals surface area contributed by atoms with E-state index in [2.05, 4.69) is 10.6 Å². The zero-order valence-corrected chi connectivity index (χ0v) is 14.5. The lowest BCUT2D eigenvalue weighted by atomic mass is 10.1. The maximum Gasteiger partial charge on any atom is 0.226 e. The first-order valence-electron chi connectivity index (χ1n) is 7.98. The molecule has 2 aromatic rings. The van der Waals surface area contributed by atoms with Crippen LogP contribution < -0.4 is 15.4 Å². The van der Waals surface area contributed by atoms with Gasteiger partial charge in [-0.2, -0.15) is 0 Å². The van der Waals surface area contributed by atoms with Crippen LogP contribution >= 0.6 is 12.2 Å². The van der Waals surface area contributed by atoms with Gasteiger partial charge >= 0.3 is 0 Å². The largest absolute Gasteiger partial charge is 0.494 e. The predicted octanol–water partition coefficient (Wildman–Crippen LogP) is 3.60. The molecule has 2 aromatic carbocycles. The number of para-hydroxylation sites is 1. The lowest BCUT2D eigenvalue weighted by molar-refractivity contribution is -0.119. The van der Waals surface area contributed by atoms with Crippen molar-refractivity contribution in [1.82, 2.24) is 10.6 Å². The normalized spacial score (nSPS) is 11.4. The fourth-order valence-electron chi connectivity index (χ4n) is 2.19.